The largest absolute Gasteiger partial charge is 0.293 e. The van der Waals surface area contributed by atoms with Gasteiger partial charge in [-0.1, -0.05) is 13.8 Å². The number of hydroxylamine groups is 2. The summed E-state index contributed by atoms with van der Waals surface area (Å²) in [5.41, 5.74) is 2.89. The highest BCUT2D eigenvalue weighted by Gasteiger charge is 2.58. The molecule has 0 radical (unpaired) electrons. The molecule has 1 saturated heterocycles. The Bertz CT molecular complexity index is 538. The van der Waals surface area contributed by atoms with E-state index in [-0.39, 0.29) is 11.0 Å². The second-order valence-corrected chi connectivity index (χ2v) is 7.97. The second kappa shape index (κ2) is 4.79. The molecule has 3 rings (SSSR count). The predicted molar refractivity (Wildman–Crippen MR) is 84.9 cm³/mol. The van der Waals surface area contributed by atoms with Gasteiger partial charge >= 0.3 is 0 Å². The van der Waals surface area contributed by atoms with Crippen molar-refractivity contribution in [3.8, 4) is 0 Å². The van der Waals surface area contributed by atoms with Gasteiger partial charge in [0.1, 0.15) is 0 Å². The highest BCUT2D eigenvalue weighted by molar-refractivity contribution is 5.29. The minimum absolute atomic E-state index is 0.0995. The summed E-state index contributed by atoms with van der Waals surface area (Å²) in [4.78, 5) is 10.5. The van der Waals surface area contributed by atoms with Gasteiger partial charge in [-0.15, -0.1) is 0 Å². The van der Waals surface area contributed by atoms with E-state index in [9.17, 15) is 0 Å². The van der Waals surface area contributed by atoms with Gasteiger partial charge in [0.15, 0.2) is 0 Å². The first kappa shape index (κ1) is 15.0. The molecule has 1 aliphatic carbocycles. The summed E-state index contributed by atoms with van der Waals surface area (Å²) in [5, 5.41) is 2.11. The van der Waals surface area contributed by atoms with Crippen LogP contribution in [0.1, 0.15) is 57.6 Å². The van der Waals surface area contributed by atoms with Crippen molar-refractivity contribution in [2.45, 2.75) is 65.0 Å². The topological polar surface area (TPSA) is 25.4 Å². The van der Waals surface area contributed by atoms with Crippen LogP contribution in [0.3, 0.4) is 0 Å². The lowest BCUT2D eigenvalue weighted by molar-refractivity contribution is -0.180. The molecule has 0 spiro atoms. The lowest BCUT2D eigenvalue weighted by Gasteiger charge is -2.50. The monoisotopic (exact) mass is 288 g/mol. The molecule has 1 aliphatic heterocycles. The molecule has 1 aromatic heterocycles. The van der Waals surface area contributed by atoms with E-state index in [0.29, 0.717) is 17.9 Å². The zero-order valence-electron chi connectivity index (χ0n) is 14.2. The van der Waals surface area contributed by atoms with Crippen LogP contribution in [0.25, 0.3) is 0 Å². The first-order valence-corrected chi connectivity index (χ1v) is 8.07. The van der Waals surface area contributed by atoms with Gasteiger partial charge < -0.3 is 0 Å². The maximum absolute atomic E-state index is 6.16. The van der Waals surface area contributed by atoms with Crippen molar-refractivity contribution in [1.29, 1.82) is 0 Å². The summed E-state index contributed by atoms with van der Waals surface area (Å²) in [5.74, 6) is 1.09. The van der Waals surface area contributed by atoms with E-state index in [1.807, 2.05) is 6.20 Å². The summed E-state index contributed by atoms with van der Waals surface area (Å²) in [6.07, 6.45) is 6.39. The Morgan fingerprint density at radius 1 is 1.24 bits per heavy atom. The summed E-state index contributed by atoms with van der Waals surface area (Å²) >= 11 is 0. The van der Waals surface area contributed by atoms with Crippen molar-refractivity contribution >= 4 is 0 Å². The van der Waals surface area contributed by atoms with Crippen molar-refractivity contribution in [2.24, 2.45) is 11.3 Å². The summed E-state index contributed by atoms with van der Waals surface area (Å²) in [6.45, 7) is 11.5. The molecule has 3 atom stereocenters. The number of pyridine rings is 1. The average Bonchev–Trinajstić information content (AvgIpc) is 2.61. The molecule has 3 nitrogen and oxygen atoms in total. The summed E-state index contributed by atoms with van der Waals surface area (Å²) < 4.78 is 0. The van der Waals surface area contributed by atoms with E-state index < -0.39 is 0 Å². The van der Waals surface area contributed by atoms with Crippen LogP contribution in [0.2, 0.25) is 0 Å². The van der Waals surface area contributed by atoms with E-state index in [1.165, 1.54) is 24.0 Å². The van der Waals surface area contributed by atoms with Gasteiger partial charge in [-0.25, -0.2) is 0 Å². The normalized spacial score (nSPS) is 34.7. The van der Waals surface area contributed by atoms with Gasteiger partial charge in [-0.3, -0.25) is 9.82 Å². The standard InChI is InChI=1S/C18H28N2O/c1-12-9-10-19-11-13(12)14-7-8-15-16(17(14,2)3)18(4,5)21-20(15)6/h9-11,14-16H,7-8H2,1-6H3. The molecule has 0 aromatic carbocycles. The molecule has 3 unspecified atom stereocenters. The summed E-state index contributed by atoms with van der Waals surface area (Å²) in [6, 6.07) is 2.67. The molecular weight excluding hydrogens is 260 g/mol. The Hall–Kier alpha value is -0.930. The lowest BCUT2D eigenvalue weighted by atomic mass is 9.55. The van der Waals surface area contributed by atoms with Gasteiger partial charge in [0.05, 0.1) is 5.60 Å². The van der Waals surface area contributed by atoms with Gasteiger partial charge in [0.2, 0.25) is 0 Å². The SMILES string of the molecule is Cc1ccncc1C1CCC2C(C(C)(C)ON2C)C1(C)C. The van der Waals surface area contributed by atoms with Gasteiger partial charge in [0, 0.05) is 31.4 Å². The second-order valence-electron chi connectivity index (χ2n) is 7.97. The van der Waals surface area contributed by atoms with Crippen LogP contribution in [0, 0.1) is 18.3 Å². The Kier molecular flexibility index (Phi) is 3.42. The van der Waals surface area contributed by atoms with Crippen LogP contribution in [-0.2, 0) is 4.84 Å². The van der Waals surface area contributed by atoms with Crippen molar-refractivity contribution in [2.75, 3.05) is 7.05 Å². The van der Waals surface area contributed by atoms with E-state index >= 15 is 0 Å². The van der Waals surface area contributed by atoms with Crippen molar-refractivity contribution in [1.82, 2.24) is 10.0 Å². The maximum Gasteiger partial charge on any atom is 0.0892 e. The fraction of sp³-hybridized carbons (Fsp3) is 0.722. The number of aromatic nitrogens is 1. The maximum atomic E-state index is 6.16. The number of nitrogens with zero attached hydrogens (tertiary/aromatic N) is 2. The first-order valence-electron chi connectivity index (χ1n) is 8.07. The Labute approximate surface area is 128 Å². The Morgan fingerprint density at radius 3 is 2.62 bits per heavy atom. The smallest absolute Gasteiger partial charge is 0.0892 e. The van der Waals surface area contributed by atoms with E-state index in [0.717, 1.165) is 0 Å². The van der Waals surface area contributed by atoms with E-state index in [1.54, 1.807) is 0 Å². The summed E-state index contributed by atoms with van der Waals surface area (Å²) in [7, 11) is 2.10. The quantitative estimate of drug-likeness (QED) is 0.783. The molecular formula is C18H28N2O. The zero-order valence-corrected chi connectivity index (χ0v) is 14.2. The molecule has 2 heterocycles. The molecule has 0 amide bonds. The van der Waals surface area contributed by atoms with Crippen molar-refractivity contribution < 1.29 is 4.84 Å². The van der Waals surface area contributed by atoms with Crippen molar-refractivity contribution in [3.05, 3.63) is 29.6 Å². The highest BCUT2D eigenvalue weighted by atomic mass is 16.7. The first-order chi connectivity index (χ1) is 9.75. The third kappa shape index (κ3) is 2.22. The van der Waals surface area contributed by atoms with Gasteiger partial charge in [-0.2, -0.15) is 5.06 Å². The molecule has 1 aromatic rings. The number of hydrogen-bond donors (Lipinski definition) is 0. The molecule has 116 valence electrons. The van der Waals surface area contributed by atoms with E-state index in [2.05, 4.69) is 64.0 Å². The van der Waals surface area contributed by atoms with Crippen LogP contribution in [0.15, 0.2) is 18.5 Å². The zero-order chi connectivity index (χ0) is 15.4. The minimum atomic E-state index is -0.0995. The number of rotatable bonds is 1. The number of aryl methyl sites for hydroxylation is 1. The number of fused-ring (bicyclic) bond motifs is 1. The molecule has 2 fully saturated rings. The molecule has 2 aliphatic rings. The predicted octanol–water partition coefficient (Wildman–Crippen LogP) is 3.93. The average molecular weight is 288 g/mol. The number of hydrogen-bond acceptors (Lipinski definition) is 3. The highest BCUT2D eigenvalue weighted by Crippen LogP contribution is 2.58. The third-order valence-corrected chi connectivity index (χ3v) is 5.89. The van der Waals surface area contributed by atoms with Gasteiger partial charge in [-0.05, 0) is 62.1 Å². The van der Waals surface area contributed by atoms with Crippen LogP contribution < -0.4 is 0 Å². The van der Waals surface area contributed by atoms with Gasteiger partial charge in [0.25, 0.3) is 0 Å². The van der Waals surface area contributed by atoms with Crippen LogP contribution >= 0.6 is 0 Å². The van der Waals surface area contributed by atoms with Crippen LogP contribution in [0.5, 0.6) is 0 Å². The molecule has 0 N–H and O–H groups in total. The Morgan fingerprint density at radius 2 is 1.95 bits per heavy atom. The van der Waals surface area contributed by atoms with Crippen LogP contribution in [-0.4, -0.2) is 28.7 Å². The fourth-order valence-corrected chi connectivity index (χ4v) is 5.23. The molecule has 21 heavy (non-hydrogen) atoms. The fourth-order valence-electron chi connectivity index (χ4n) is 5.23. The van der Waals surface area contributed by atoms with Crippen LogP contribution in [0.4, 0.5) is 0 Å². The minimum Gasteiger partial charge on any atom is -0.293 e. The van der Waals surface area contributed by atoms with E-state index in [4.69, 9.17) is 4.84 Å². The molecule has 0 bridgehead atoms. The molecule has 1 saturated carbocycles. The Balaban J connectivity index is 2.02. The lowest BCUT2D eigenvalue weighted by Crippen LogP contribution is -2.50. The third-order valence-electron chi connectivity index (χ3n) is 5.89. The van der Waals surface area contributed by atoms with Crippen molar-refractivity contribution in [3.63, 3.8) is 0 Å². The molecule has 3 heteroatoms.